The summed E-state index contributed by atoms with van der Waals surface area (Å²) in [5, 5.41) is 10.0. The lowest BCUT2D eigenvalue weighted by Gasteiger charge is -2.11. The van der Waals surface area contributed by atoms with E-state index in [4.69, 9.17) is 0 Å². The normalized spacial score (nSPS) is 12.4. The maximum absolute atomic E-state index is 13.0. The Morgan fingerprint density at radius 2 is 1.72 bits per heavy atom. The monoisotopic (exact) mass is 312 g/mol. The van der Waals surface area contributed by atoms with Gasteiger partial charge in [-0.15, -0.1) is 0 Å². The molecule has 0 bridgehead atoms. The van der Waals surface area contributed by atoms with Crippen LogP contribution in [0.1, 0.15) is 17.2 Å². The number of hydrogen-bond donors (Lipinski definition) is 1. The molecule has 0 saturated carbocycles. The smallest absolute Gasteiger partial charge is 0.126 e. The second-order valence-corrected chi connectivity index (χ2v) is 4.97. The van der Waals surface area contributed by atoms with Gasteiger partial charge >= 0.3 is 0 Å². The van der Waals surface area contributed by atoms with Crippen molar-refractivity contribution >= 4 is 15.9 Å². The number of aliphatic hydroxyl groups is 1. The third kappa shape index (κ3) is 3.37. The van der Waals surface area contributed by atoms with Crippen molar-refractivity contribution < 1.29 is 13.9 Å². The molecule has 0 aliphatic rings. The van der Waals surface area contributed by atoms with Gasteiger partial charge in [0.15, 0.2) is 0 Å². The predicted octanol–water partition coefficient (Wildman–Crippen LogP) is 4.00. The molecule has 0 aromatic heterocycles. The van der Waals surface area contributed by atoms with Crippen LogP contribution in [-0.4, -0.2) is 5.11 Å². The highest BCUT2D eigenvalue weighted by atomic mass is 79.9. The van der Waals surface area contributed by atoms with Crippen molar-refractivity contribution in [2.45, 2.75) is 12.5 Å². The first kappa shape index (κ1) is 13.2. The second kappa shape index (κ2) is 5.59. The summed E-state index contributed by atoms with van der Waals surface area (Å²) in [5.41, 5.74) is 1.13. The third-order valence-corrected chi connectivity index (χ3v) is 3.08. The quantitative estimate of drug-likeness (QED) is 0.908. The highest BCUT2D eigenvalue weighted by Gasteiger charge is 2.10. The standard InChI is InChI=1S/C14H11BrF2O/c15-11-3-1-2-10(7-11)14(18)6-9-4-12(16)8-13(17)5-9/h1-5,7-8,14,18H,6H2. The summed E-state index contributed by atoms with van der Waals surface area (Å²) in [6.07, 6.45) is -0.616. The van der Waals surface area contributed by atoms with Crippen molar-refractivity contribution in [2.75, 3.05) is 0 Å². The molecule has 1 unspecified atom stereocenters. The topological polar surface area (TPSA) is 20.2 Å². The molecule has 1 N–H and O–H groups in total. The van der Waals surface area contributed by atoms with Gasteiger partial charge in [-0.25, -0.2) is 8.78 Å². The van der Waals surface area contributed by atoms with Crippen LogP contribution in [0.25, 0.3) is 0 Å². The number of hydrogen-bond acceptors (Lipinski definition) is 1. The van der Waals surface area contributed by atoms with E-state index in [1.54, 1.807) is 18.2 Å². The first-order valence-electron chi connectivity index (χ1n) is 5.43. The van der Waals surface area contributed by atoms with E-state index in [2.05, 4.69) is 15.9 Å². The van der Waals surface area contributed by atoms with Gasteiger partial charge in [-0.3, -0.25) is 0 Å². The van der Waals surface area contributed by atoms with Crippen LogP contribution in [0.5, 0.6) is 0 Å². The maximum Gasteiger partial charge on any atom is 0.126 e. The van der Waals surface area contributed by atoms with Crippen LogP contribution in [0.15, 0.2) is 46.9 Å². The van der Waals surface area contributed by atoms with E-state index in [1.165, 1.54) is 12.1 Å². The van der Waals surface area contributed by atoms with Crippen molar-refractivity contribution in [2.24, 2.45) is 0 Å². The van der Waals surface area contributed by atoms with Gasteiger partial charge in [0, 0.05) is 17.0 Å². The van der Waals surface area contributed by atoms with Gasteiger partial charge in [-0.1, -0.05) is 28.1 Å². The van der Waals surface area contributed by atoms with Gasteiger partial charge in [0.2, 0.25) is 0 Å². The van der Waals surface area contributed by atoms with Crippen LogP contribution in [0.2, 0.25) is 0 Å². The van der Waals surface area contributed by atoms with Crippen molar-refractivity contribution in [3.8, 4) is 0 Å². The Labute approximate surface area is 112 Å². The van der Waals surface area contributed by atoms with Crippen LogP contribution in [0.3, 0.4) is 0 Å². The van der Waals surface area contributed by atoms with Crippen LogP contribution >= 0.6 is 15.9 Å². The molecule has 0 saturated heterocycles. The molecule has 0 aliphatic heterocycles. The number of benzene rings is 2. The van der Waals surface area contributed by atoms with Crippen molar-refractivity contribution in [1.29, 1.82) is 0 Å². The van der Waals surface area contributed by atoms with E-state index >= 15 is 0 Å². The Morgan fingerprint density at radius 1 is 1.06 bits per heavy atom. The lowest BCUT2D eigenvalue weighted by molar-refractivity contribution is 0.178. The molecule has 0 spiro atoms. The van der Waals surface area contributed by atoms with E-state index in [9.17, 15) is 13.9 Å². The number of aliphatic hydroxyl groups excluding tert-OH is 1. The fourth-order valence-electron chi connectivity index (χ4n) is 1.78. The summed E-state index contributed by atoms with van der Waals surface area (Å²) < 4.78 is 26.9. The van der Waals surface area contributed by atoms with Gasteiger partial charge in [-0.05, 0) is 35.4 Å². The minimum atomic E-state index is -0.788. The summed E-state index contributed by atoms with van der Waals surface area (Å²) in [5.74, 6) is -1.27. The van der Waals surface area contributed by atoms with E-state index in [-0.39, 0.29) is 6.42 Å². The van der Waals surface area contributed by atoms with Gasteiger partial charge in [-0.2, -0.15) is 0 Å². The Bertz CT molecular complexity index is 537. The van der Waals surface area contributed by atoms with Crippen LogP contribution < -0.4 is 0 Å². The first-order chi connectivity index (χ1) is 8.54. The fraction of sp³-hybridized carbons (Fsp3) is 0.143. The fourth-order valence-corrected chi connectivity index (χ4v) is 2.20. The molecule has 0 aliphatic carbocycles. The van der Waals surface area contributed by atoms with E-state index in [1.807, 2.05) is 6.07 Å². The van der Waals surface area contributed by atoms with Crippen LogP contribution in [-0.2, 0) is 6.42 Å². The molecular formula is C14H11BrF2O. The Morgan fingerprint density at radius 3 is 2.33 bits per heavy atom. The van der Waals surface area contributed by atoms with Crippen LogP contribution in [0, 0.1) is 11.6 Å². The van der Waals surface area contributed by atoms with Crippen molar-refractivity contribution in [3.05, 3.63) is 69.7 Å². The molecule has 1 nitrogen and oxygen atoms in total. The largest absolute Gasteiger partial charge is 0.388 e. The highest BCUT2D eigenvalue weighted by molar-refractivity contribution is 9.10. The summed E-state index contributed by atoms with van der Waals surface area (Å²) in [7, 11) is 0. The molecule has 18 heavy (non-hydrogen) atoms. The minimum Gasteiger partial charge on any atom is -0.388 e. The molecule has 1 atom stereocenters. The summed E-state index contributed by atoms with van der Waals surface area (Å²) >= 11 is 3.31. The molecule has 2 aromatic rings. The van der Waals surface area contributed by atoms with Gasteiger partial charge in [0.05, 0.1) is 6.10 Å². The third-order valence-electron chi connectivity index (χ3n) is 2.58. The number of halogens is 3. The molecular weight excluding hydrogens is 302 g/mol. The van der Waals surface area contributed by atoms with Gasteiger partial charge in [0.25, 0.3) is 0 Å². The summed E-state index contributed by atoms with van der Waals surface area (Å²) in [6, 6.07) is 10.5. The van der Waals surface area contributed by atoms with E-state index in [0.717, 1.165) is 10.5 Å². The van der Waals surface area contributed by atoms with E-state index < -0.39 is 17.7 Å². The number of rotatable bonds is 3. The van der Waals surface area contributed by atoms with Crippen molar-refractivity contribution in [1.82, 2.24) is 0 Å². The molecule has 0 heterocycles. The second-order valence-electron chi connectivity index (χ2n) is 4.05. The Kier molecular flexibility index (Phi) is 4.09. The Hall–Kier alpha value is -1.26. The summed E-state index contributed by atoms with van der Waals surface area (Å²) in [4.78, 5) is 0. The SMILES string of the molecule is OC(Cc1cc(F)cc(F)c1)c1cccc(Br)c1. The molecule has 4 heteroatoms. The molecule has 0 fully saturated rings. The minimum absolute atomic E-state index is 0.172. The average Bonchev–Trinajstić information content (AvgIpc) is 2.27. The van der Waals surface area contributed by atoms with Gasteiger partial charge < -0.3 is 5.11 Å². The molecule has 2 aromatic carbocycles. The Balaban J connectivity index is 2.18. The summed E-state index contributed by atoms with van der Waals surface area (Å²) in [6.45, 7) is 0. The lowest BCUT2D eigenvalue weighted by Crippen LogP contribution is -2.02. The zero-order valence-corrected chi connectivity index (χ0v) is 11.0. The van der Waals surface area contributed by atoms with Crippen molar-refractivity contribution in [3.63, 3.8) is 0 Å². The molecule has 0 amide bonds. The predicted molar refractivity (Wildman–Crippen MR) is 69.2 cm³/mol. The molecule has 94 valence electrons. The highest BCUT2D eigenvalue weighted by Crippen LogP contribution is 2.22. The maximum atomic E-state index is 13.0. The van der Waals surface area contributed by atoms with Crippen LogP contribution in [0.4, 0.5) is 8.78 Å². The lowest BCUT2D eigenvalue weighted by atomic mass is 10.0. The first-order valence-corrected chi connectivity index (χ1v) is 6.22. The zero-order chi connectivity index (χ0) is 13.1. The van der Waals surface area contributed by atoms with E-state index in [0.29, 0.717) is 11.1 Å². The average molecular weight is 313 g/mol. The zero-order valence-electron chi connectivity index (χ0n) is 9.41. The molecule has 2 rings (SSSR count). The van der Waals surface area contributed by atoms with Gasteiger partial charge in [0.1, 0.15) is 11.6 Å². The molecule has 0 radical (unpaired) electrons.